The number of piperazine rings is 1. The van der Waals surface area contributed by atoms with Crippen molar-refractivity contribution in [2.75, 3.05) is 39.3 Å². The smallest absolute Gasteiger partial charge is 0.0733 e. The van der Waals surface area contributed by atoms with E-state index < -0.39 is 0 Å². The third kappa shape index (κ3) is 3.90. The molecule has 0 amide bonds. The molecule has 0 radical (unpaired) electrons. The molecule has 1 heterocycles. The first kappa shape index (κ1) is 13.2. The van der Waals surface area contributed by atoms with Gasteiger partial charge < -0.3 is 15.5 Å². The molecule has 1 aliphatic carbocycles. The lowest BCUT2D eigenvalue weighted by Crippen LogP contribution is -2.48. The first-order chi connectivity index (χ1) is 8.13. The van der Waals surface area contributed by atoms with Gasteiger partial charge in [-0.3, -0.25) is 0 Å². The largest absolute Gasteiger partial charge is 0.393 e. The number of nitrogens with zero attached hydrogens (tertiary/aromatic N) is 2. The second-order valence-electron chi connectivity index (χ2n) is 5.76. The Bertz CT molecular complexity index is 268. The highest BCUT2D eigenvalue weighted by Gasteiger charge is 2.44. The maximum atomic E-state index is 5.69. The molecule has 17 heavy (non-hydrogen) atoms. The molecule has 98 valence electrons. The van der Waals surface area contributed by atoms with Crippen LogP contribution in [-0.2, 0) is 0 Å². The molecule has 2 aliphatic rings. The third-order valence-electron chi connectivity index (χ3n) is 4.07. The summed E-state index contributed by atoms with van der Waals surface area (Å²) in [7, 11) is 0. The predicted octanol–water partition coefficient (Wildman–Crippen LogP) is 1.47. The van der Waals surface area contributed by atoms with Crippen LogP contribution in [0.4, 0.5) is 0 Å². The zero-order valence-electron chi connectivity index (χ0n) is 11.0. The van der Waals surface area contributed by atoms with Crippen LogP contribution in [0, 0.1) is 5.41 Å². The van der Waals surface area contributed by atoms with Crippen molar-refractivity contribution >= 4 is 17.2 Å². The first-order valence-corrected chi connectivity index (χ1v) is 7.27. The van der Waals surface area contributed by atoms with Crippen LogP contribution < -0.4 is 5.73 Å². The average Bonchev–Trinajstić information content (AvgIpc) is 3.00. The van der Waals surface area contributed by atoms with Crippen molar-refractivity contribution in [1.82, 2.24) is 9.80 Å². The van der Waals surface area contributed by atoms with Crippen molar-refractivity contribution in [2.24, 2.45) is 11.1 Å². The summed E-state index contributed by atoms with van der Waals surface area (Å²) in [5.74, 6) is 0. The Morgan fingerprint density at radius 3 is 2.24 bits per heavy atom. The lowest BCUT2D eigenvalue weighted by molar-refractivity contribution is 0.114. The Labute approximate surface area is 110 Å². The summed E-state index contributed by atoms with van der Waals surface area (Å²) < 4.78 is 0. The van der Waals surface area contributed by atoms with E-state index in [1.165, 1.54) is 58.5 Å². The summed E-state index contributed by atoms with van der Waals surface area (Å²) in [6.07, 6.45) is 4.86. The van der Waals surface area contributed by atoms with Crippen molar-refractivity contribution in [3.05, 3.63) is 0 Å². The Kier molecular flexibility index (Phi) is 4.39. The minimum atomic E-state index is 0.457. The van der Waals surface area contributed by atoms with E-state index in [1.807, 2.05) is 0 Å². The van der Waals surface area contributed by atoms with Crippen LogP contribution in [0.1, 0.15) is 32.6 Å². The molecule has 0 aromatic rings. The molecule has 4 heteroatoms. The highest BCUT2D eigenvalue weighted by Crippen LogP contribution is 2.49. The highest BCUT2D eigenvalue weighted by molar-refractivity contribution is 7.80. The van der Waals surface area contributed by atoms with Gasteiger partial charge in [0.1, 0.15) is 0 Å². The van der Waals surface area contributed by atoms with E-state index in [0.29, 0.717) is 10.4 Å². The van der Waals surface area contributed by atoms with E-state index >= 15 is 0 Å². The minimum Gasteiger partial charge on any atom is -0.393 e. The molecule has 1 saturated heterocycles. The number of nitrogens with two attached hydrogens (primary N) is 1. The molecular formula is C13H25N3S. The summed E-state index contributed by atoms with van der Waals surface area (Å²) in [5, 5.41) is 0. The van der Waals surface area contributed by atoms with Crippen LogP contribution in [0.2, 0.25) is 0 Å². The molecule has 0 aromatic carbocycles. The van der Waals surface area contributed by atoms with Gasteiger partial charge in [0, 0.05) is 39.1 Å². The average molecular weight is 255 g/mol. The fourth-order valence-electron chi connectivity index (χ4n) is 2.90. The van der Waals surface area contributed by atoms with E-state index in [4.69, 9.17) is 18.0 Å². The van der Waals surface area contributed by atoms with Gasteiger partial charge in [0.25, 0.3) is 0 Å². The summed E-state index contributed by atoms with van der Waals surface area (Å²) in [4.78, 5) is 5.88. The fourth-order valence-corrected chi connectivity index (χ4v) is 3.20. The lowest BCUT2D eigenvalue weighted by Gasteiger charge is -2.36. The first-order valence-electron chi connectivity index (χ1n) is 6.87. The van der Waals surface area contributed by atoms with Crippen molar-refractivity contribution in [3.8, 4) is 0 Å². The Hall–Kier alpha value is -0.190. The topological polar surface area (TPSA) is 32.5 Å². The standard InChI is InChI=1S/C13H25N3S/c1-2-5-15-6-8-16(9-7-15)11-13(3-4-13)10-12(14)17/h2-11H2,1H3,(H2,14,17). The number of hydrogen-bond acceptors (Lipinski definition) is 3. The molecule has 2 N–H and O–H groups in total. The Morgan fingerprint density at radius 1 is 1.18 bits per heavy atom. The molecule has 3 nitrogen and oxygen atoms in total. The van der Waals surface area contributed by atoms with Gasteiger partial charge in [-0.15, -0.1) is 0 Å². The minimum absolute atomic E-state index is 0.457. The van der Waals surface area contributed by atoms with Crippen molar-refractivity contribution in [2.45, 2.75) is 32.6 Å². The van der Waals surface area contributed by atoms with Crippen molar-refractivity contribution in [3.63, 3.8) is 0 Å². The van der Waals surface area contributed by atoms with Crippen LogP contribution in [0.15, 0.2) is 0 Å². The maximum Gasteiger partial charge on any atom is 0.0733 e. The predicted molar refractivity (Wildman–Crippen MR) is 76.2 cm³/mol. The molecular weight excluding hydrogens is 230 g/mol. The van der Waals surface area contributed by atoms with Crippen LogP contribution in [-0.4, -0.2) is 54.1 Å². The monoisotopic (exact) mass is 255 g/mol. The molecule has 0 atom stereocenters. The van der Waals surface area contributed by atoms with Crippen LogP contribution >= 0.6 is 12.2 Å². The zero-order chi connectivity index (χ0) is 12.3. The van der Waals surface area contributed by atoms with Gasteiger partial charge in [0.05, 0.1) is 4.99 Å². The number of rotatable bonds is 6. The zero-order valence-corrected chi connectivity index (χ0v) is 11.8. The maximum absolute atomic E-state index is 5.69. The van der Waals surface area contributed by atoms with Crippen LogP contribution in [0.25, 0.3) is 0 Å². The van der Waals surface area contributed by atoms with Gasteiger partial charge in [-0.25, -0.2) is 0 Å². The van der Waals surface area contributed by atoms with Gasteiger partial charge in [-0.2, -0.15) is 0 Å². The normalized spacial score (nSPS) is 24.8. The summed E-state index contributed by atoms with van der Waals surface area (Å²) in [6, 6.07) is 0. The Balaban J connectivity index is 1.73. The van der Waals surface area contributed by atoms with Gasteiger partial charge in [0.2, 0.25) is 0 Å². The van der Waals surface area contributed by atoms with Gasteiger partial charge in [-0.05, 0) is 31.2 Å². The number of hydrogen-bond donors (Lipinski definition) is 1. The molecule has 0 bridgehead atoms. The SMILES string of the molecule is CCCN1CCN(CC2(CC(N)=S)CC2)CC1. The van der Waals surface area contributed by atoms with Crippen LogP contribution in [0.3, 0.4) is 0 Å². The molecule has 0 unspecified atom stereocenters. The van der Waals surface area contributed by atoms with Gasteiger partial charge >= 0.3 is 0 Å². The molecule has 1 saturated carbocycles. The summed E-state index contributed by atoms with van der Waals surface area (Å²) in [6.45, 7) is 9.64. The van der Waals surface area contributed by atoms with Gasteiger partial charge in [-0.1, -0.05) is 19.1 Å². The van der Waals surface area contributed by atoms with E-state index in [0.717, 1.165) is 6.42 Å². The van der Waals surface area contributed by atoms with Gasteiger partial charge in [0.15, 0.2) is 0 Å². The van der Waals surface area contributed by atoms with Crippen LogP contribution in [0.5, 0.6) is 0 Å². The van der Waals surface area contributed by atoms with E-state index in [2.05, 4.69) is 16.7 Å². The van der Waals surface area contributed by atoms with Crippen molar-refractivity contribution in [1.29, 1.82) is 0 Å². The second kappa shape index (κ2) is 5.63. The fraction of sp³-hybridized carbons (Fsp3) is 0.923. The second-order valence-corrected chi connectivity index (χ2v) is 6.29. The molecule has 2 fully saturated rings. The van der Waals surface area contributed by atoms with E-state index in [1.54, 1.807) is 0 Å². The highest BCUT2D eigenvalue weighted by atomic mass is 32.1. The lowest BCUT2D eigenvalue weighted by atomic mass is 10.0. The summed E-state index contributed by atoms with van der Waals surface area (Å²) >= 11 is 5.06. The quantitative estimate of drug-likeness (QED) is 0.729. The van der Waals surface area contributed by atoms with Crippen molar-refractivity contribution < 1.29 is 0 Å². The number of thiocarbonyl (C=S) groups is 1. The molecule has 0 spiro atoms. The Morgan fingerprint density at radius 2 is 1.76 bits per heavy atom. The molecule has 0 aromatic heterocycles. The molecule has 1 aliphatic heterocycles. The van der Waals surface area contributed by atoms with E-state index in [9.17, 15) is 0 Å². The van der Waals surface area contributed by atoms with E-state index in [-0.39, 0.29) is 0 Å². The summed E-state index contributed by atoms with van der Waals surface area (Å²) in [5.41, 5.74) is 6.15. The molecule has 2 rings (SSSR count). The third-order valence-corrected chi connectivity index (χ3v) is 4.21.